The second kappa shape index (κ2) is 9.90. The fourth-order valence-corrected chi connectivity index (χ4v) is 5.12. The molecule has 32 heavy (non-hydrogen) atoms. The van der Waals surface area contributed by atoms with E-state index in [2.05, 4.69) is 0 Å². The van der Waals surface area contributed by atoms with Crippen molar-refractivity contribution in [2.45, 2.75) is 38.7 Å². The molecule has 0 spiro atoms. The van der Waals surface area contributed by atoms with E-state index in [4.69, 9.17) is 13.8 Å². The van der Waals surface area contributed by atoms with E-state index >= 15 is 0 Å². The number of hydrogen-bond acceptors (Lipinski definition) is 5. The van der Waals surface area contributed by atoms with Crippen molar-refractivity contribution < 1.29 is 45.1 Å². The number of carbonyl (C=O) groups is 1. The molecule has 1 saturated carbocycles. The third-order valence-electron chi connectivity index (χ3n) is 4.87. The molecule has 0 radical (unpaired) electrons. The molecule has 1 fully saturated rings. The van der Waals surface area contributed by atoms with Gasteiger partial charge in [0.05, 0.1) is 12.1 Å². The summed E-state index contributed by atoms with van der Waals surface area (Å²) >= 11 is 0. The monoisotopic (exact) mass is 478 g/mol. The van der Waals surface area contributed by atoms with Crippen LogP contribution in [0.15, 0.2) is 30.3 Å². The molecular weight excluding hydrogens is 458 g/mol. The first-order valence-electron chi connectivity index (χ1n) is 9.86. The third-order valence-corrected chi connectivity index (χ3v) is 6.82. The lowest BCUT2D eigenvalue weighted by Crippen LogP contribution is -2.25. The zero-order chi connectivity index (χ0) is 23.5. The average molecular weight is 478 g/mol. The molecule has 174 valence electrons. The Balaban J connectivity index is 1.90. The molecule has 1 aliphatic carbocycles. The van der Waals surface area contributed by atoms with E-state index in [0.717, 1.165) is 12.8 Å². The molecule has 11 heteroatoms. The Morgan fingerprint density at radius 2 is 1.47 bits per heavy atom. The fraction of sp³-hybridized carbons (Fsp3) is 0.381. The summed E-state index contributed by atoms with van der Waals surface area (Å²) in [5, 5.41) is 0. The first-order valence-corrected chi connectivity index (χ1v) is 11.6. The van der Waals surface area contributed by atoms with Crippen molar-refractivity contribution in [3.63, 3.8) is 0 Å². The van der Waals surface area contributed by atoms with Gasteiger partial charge in [-0.1, -0.05) is 25.1 Å². The highest BCUT2D eigenvalue weighted by molar-refractivity contribution is 7.54. The van der Waals surface area contributed by atoms with Crippen LogP contribution in [-0.2, 0) is 14.1 Å². The van der Waals surface area contributed by atoms with Gasteiger partial charge < -0.3 is 13.8 Å². The molecule has 2 atom stereocenters. The molecule has 0 N–H and O–H groups in total. The lowest BCUT2D eigenvalue weighted by atomic mass is 10.2. The number of para-hydroxylation sites is 1. The van der Waals surface area contributed by atoms with Crippen molar-refractivity contribution in [2.24, 2.45) is 5.92 Å². The molecular formula is C21H20F5O5P. The van der Waals surface area contributed by atoms with Crippen LogP contribution in [0.1, 0.15) is 32.6 Å². The summed E-state index contributed by atoms with van der Waals surface area (Å²) in [6.07, 6.45) is 2.12. The van der Waals surface area contributed by atoms with E-state index in [9.17, 15) is 31.3 Å². The Morgan fingerprint density at radius 3 is 2.03 bits per heavy atom. The molecule has 0 unspecified atom stereocenters. The minimum Gasteiger partial charge on any atom is -0.462 e. The van der Waals surface area contributed by atoms with Gasteiger partial charge in [-0.05, 0) is 37.8 Å². The normalized spacial score (nSPS) is 16.9. The van der Waals surface area contributed by atoms with Gasteiger partial charge in [0.25, 0.3) is 0 Å². The number of hydrogen-bond donors (Lipinski definition) is 0. The Bertz CT molecular complexity index is 998. The molecule has 0 bridgehead atoms. The maximum Gasteiger partial charge on any atom is 0.431 e. The van der Waals surface area contributed by atoms with Crippen LogP contribution in [0, 0.1) is 35.0 Å². The summed E-state index contributed by atoms with van der Waals surface area (Å²) in [5.74, 6) is -15.2. The molecule has 0 saturated heterocycles. The molecule has 2 aromatic rings. The van der Waals surface area contributed by atoms with E-state index in [1.165, 1.54) is 31.2 Å². The van der Waals surface area contributed by atoms with E-state index in [1.807, 2.05) is 0 Å². The summed E-state index contributed by atoms with van der Waals surface area (Å²) in [5.41, 5.74) is 0. The van der Waals surface area contributed by atoms with Crippen molar-refractivity contribution in [3.05, 3.63) is 59.4 Å². The van der Waals surface area contributed by atoms with Crippen LogP contribution in [0.5, 0.6) is 11.5 Å². The zero-order valence-corrected chi connectivity index (χ0v) is 17.8. The van der Waals surface area contributed by atoms with Gasteiger partial charge in [0, 0.05) is 0 Å². The Morgan fingerprint density at radius 1 is 0.938 bits per heavy atom. The van der Waals surface area contributed by atoms with E-state index in [1.54, 1.807) is 6.07 Å². The molecule has 0 aliphatic heterocycles. The quantitative estimate of drug-likeness (QED) is 0.150. The predicted octanol–water partition coefficient (Wildman–Crippen LogP) is 6.15. The van der Waals surface area contributed by atoms with Crippen LogP contribution in [0.3, 0.4) is 0 Å². The minimum absolute atomic E-state index is 0.0592. The van der Waals surface area contributed by atoms with Gasteiger partial charge in [0.1, 0.15) is 11.9 Å². The summed E-state index contributed by atoms with van der Waals surface area (Å²) in [6, 6.07) is 7.28. The number of benzene rings is 2. The zero-order valence-electron chi connectivity index (χ0n) is 17.0. The van der Waals surface area contributed by atoms with E-state index in [0.29, 0.717) is 12.8 Å². The maximum atomic E-state index is 14.1. The van der Waals surface area contributed by atoms with Crippen LogP contribution < -0.4 is 9.05 Å². The van der Waals surface area contributed by atoms with Crippen LogP contribution in [-0.4, -0.2) is 18.2 Å². The van der Waals surface area contributed by atoms with Crippen molar-refractivity contribution >= 4 is 13.6 Å². The van der Waals surface area contributed by atoms with Crippen LogP contribution in [0.25, 0.3) is 0 Å². The van der Waals surface area contributed by atoms with Gasteiger partial charge in [-0.2, -0.15) is 8.78 Å². The SMILES string of the molecule is C[C@H](C[P@](=O)(Oc1ccccc1)Oc1c(F)c(F)c(F)c(F)c1F)C(=O)OC1CCCC1. The summed E-state index contributed by atoms with van der Waals surface area (Å²) in [4.78, 5) is 12.4. The first-order chi connectivity index (χ1) is 15.1. The number of rotatable bonds is 8. The lowest BCUT2D eigenvalue weighted by Gasteiger charge is -2.23. The Labute approximate surface area is 181 Å². The van der Waals surface area contributed by atoms with Crippen molar-refractivity contribution in [3.8, 4) is 11.5 Å². The summed E-state index contributed by atoms with van der Waals surface area (Å²) in [6.45, 7) is 1.33. The number of esters is 1. The first kappa shape index (κ1) is 24.0. The van der Waals surface area contributed by atoms with E-state index < -0.39 is 60.5 Å². The van der Waals surface area contributed by atoms with Gasteiger partial charge in [-0.25, -0.2) is 17.7 Å². The fourth-order valence-electron chi connectivity index (χ4n) is 3.24. The average Bonchev–Trinajstić information content (AvgIpc) is 3.27. The maximum absolute atomic E-state index is 14.1. The largest absolute Gasteiger partial charge is 0.462 e. The molecule has 1 aliphatic rings. The summed E-state index contributed by atoms with van der Waals surface area (Å²) in [7, 11) is -4.66. The van der Waals surface area contributed by atoms with Crippen molar-refractivity contribution in [1.29, 1.82) is 0 Å². The lowest BCUT2D eigenvalue weighted by molar-refractivity contribution is -0.152. The minimum atomic E-state index is -4.66. The number of halogens is 5. The molecule has 2 aromatic carbocycles. The highest BCUT2D eigenvalue weighted by Gasteiger charge is 2.39. The molecule has 0 aromatic heterocycles. The molecule has 5 nitrogen and oxygen atoms in total. The Hall–Kier alpha value is -2.61. The number of ether oxygens (including phenoxy) is 1. The highest BCUT2D eigenvalue weighted by Crippen LogP contribution is 2.51. The van der Waals surface area contributed by atoms with Gasteiger partial charge >= 0.3 is 13.6 Å². The van der Waals surface area contributed by atoms with Crippen molar-refractivity contribution in [2.75, 3.05) is 6.16 Å². The van der Waals surface area contributed by atoms with Crippen LogP contribution in [0.2, 0.25) is 0 Å². The highest BCUT2D eigenvalue weighted by atomic mass is 31.2. The van der Waals surface area contributed by atoms with Gasteiger partial charge in [-0.15, -0.1) is 0 Å². The second-order valence-corrected chi connectivity index (χ2v) is 9.38. The smallest absolute Gasteiger partial charge is 0.431 e. The Kier molecular flexibility index (Phi) is 7.44. The second-order valence-electron chi connectivity index (χ2n) is 7.43. The predicted molar refractivity (Wildman–Crippen MR) is 104 cm³/mol. The van der Waals surface area contributed by atoms with Crippen LogP contribution in [0.4, 0.5) is 22.0 Å². The molecule has 0 amide bonds. The number of carbonyl (C=O) groups excluding carboxylic acids is 1. The van der Waals surface area contributed by atoms with Gasteiger partial charge in [0.15, 0.2) is 0 Å². The van der Waals surface area contributed by atoms with Crippen LogP contribution >= 0.6 is 7.60 Å². The third kappa shape index (κ3) is 5.41. The standard InChI is InChI=1S/C21H20F5O5P/c1-12(21(27)29-13-7-5-6-8-13)11-32(28,30-14-9-3-2-4-10-14)31-20-18(25)16(23)15(22)17(24)19(20)26/h2-4,9-10,12-13H,5-8,11H2,1H3/t12-,32+/m1/s1. The van der Waals surface area contributed by atoms with Crippen molar-refractivity contribution in [1.82, 2.24) is 0 Å². The topological polar surface area (TPSA) is 61.8 Å². The van der Waals surface area contributed by atoms with Gasteiger partial charge in [-0.3, -0.25) is 4.79 Å². The summed E-state index contributed by atoms with van der Waals surface area (Å²) < 4.78 is 97.5. The molecule has 0 heterocycles. The van der Waals surface area contributed by atoms with Gasteiger partial charge in [0.2, 0.25) is 34.8 Å². The molecule has 3 rings (SSSR count). The van der Waals surface area contributed by atoms with E-state index in [-0.39, 0.29) is 11.9 Å².